The van der Waals surface area contributed by atoms with Gasteiger partial charge < -0.3 is 5.73 Å². The van der Waals surface area contributed by atoms with Crippen LogP contribution < -0.4 is 5.73 Å². The maximum absolute atomic E-state index is 6.62. The van der Waals surface area contributed by atoms with Crippen molar-refractivity contribution in [3.8, 4) is 0 Å². The first kappa shape index (κ1) is 12.1. The summed E-state index contributed by atoms with van der Waals surface area (Å²) in [6.07, 6.45) is 4.69. The van der Waals surface area contributed by atoms with Crippen LogP contribution in [0.25, 0.3) is 10.2 Å². The topological polar surface area (TPSA) is 38.9 Å². The van der Waals surface area contributed by atoms with Gasteiger partial charge in [0, 0.05) is 0 Å². The van der Waals surface area contributed by atoms with Gasteiger partial charge in [-0.3, -0.25) is 0 Å². The molecular formula is C15H20N2S. The Morgan fingerprint density at radius 1 is 1.44 bits per heavy atom. The largest absolute Gasteiger partial charge is 0.319 e. The van der Waals surface area contributed by atoms with Gasteiger partial charge in [0.15, 0.2) is 0 Å². The van der Waals surface area contributed by atoms with Crippen molar-refractivity contribution < 1.29 is 0 Å². The maximum atomic E-state index is 6.62. The minimum absolute atomic E-state index is 0.185. The smallest absolute Gasteiger partial charge is 0.114 e. The predicted octanol–water partition coefficient (Wildman–Crippen LogP) is 3.97. The Hall–Kier alpha value is -0.930. The molecular weight excluding hydrogens is 240 g/mol. The highest BCUT2D eigenvalue weighted by molar-refractivity contribution is 7.18. The zero-order valence-electron chi connectivity index (χ0n) is 11.1. The number of aromatic nitrogens is 1. The van der Waals surface area contributed by atoms with E-state index in [0.717, 1.165) is 29.3 Å². The summed E-state index contributed by atoms with van der Waals surface area (Å²) < 4.78 is 1.26. The van der Waals surface area contributed by atoms with E-state index in [-0.39, 0.29) is 5.54 Å². The highest BCUT2D eigenvalue weighted by Gasteiger charge is 2.35. The molecule has 0 saturated heterocycles. The second-order valence-electron chi connectivity index (χ2n) is 5.85. The fourth-order valence-corrected chi connectivity index (χ4v) is 4.12. The average Bonchev–Trinajstić information content (AvgIpc) is 2.72. The van der Waals surface area contributed by atoms with Crippen LogP contribution in [-0.2, 0) is 5.54 Å². The summed E-state index contributed by atoms with van der Waals surface area (Å²) in [5, 5.41) is 1.13. The van der Waals surface area contributed by atoms with E-state index in [9.17, 15) is 0 Å². The molecule has 1 aromatic heterocycles. The number of rotatable bonds is 1. The van der Waals surface area contributed by atoms with E-state index < -0.39 is 0 Å². The third-order valence-electron chi connectivity index (χ3n) is 4.00. The van der Waals surface area contributed by atoms with Crippen molar-refractivity contribution in [3.05, 3.63) is 28.8 Å². The molecule has 0 radical (unpaired) electrons. The molecule has 3 heteroatoms. The molecule has 0 spiro atoms. The van der Waals surface area contributed by atoms with Crippen molar-refractivity contribution in [2.75, 3.05) is 0 Å². The molecule has 0 amide bonds. The minimum Gasteiger partial charge on any atom is -0.319 e. The van der Waals surface area contributed by atoms with Gasteiger partial charge >= 0.3 is 0 Å². The fraction of sp³-hybridized carbons (Fsp3) is 0.533. The van der Waals surface area contributed by atoms with Crippen LogP contribution in [0.1, 0.15) is 43.2 Å². The van der Waals surface area contributed by atoms with Gasteiger partial charge in [-0.15, -0.1) is 11.3 Å². The average molecular weight is 260 g/mol. The molecule has 0 bridgehead atoms. The number of hydrogen-bond acceptors (Lipinski definition) is 3. The molecule has 3 rings (SSSR count). The number of nitrogens with zero attached hydrogens (tertiary/aromatic N) is 1. The molecule has 1 saturated carbocycles. The summed E-state index contributed by atoms with van der Waals surface area (Å²) in [5.74, 6) is 0.720. The third kappa shape index (κ3) is 2.06. The van der Waals surface area contributed by atoms with E-state index >= 15 is 0 Å². The first-order chi connectivity index (χ1) is 8.57. The minimum atomic E-state index is -0.185. The Labute approximate surface area is 112 Å². The Balaban J connectivity index is 2.03. The number of hydrogen-bond donors (Lipinski definition) is 1. The molecule has 1 heterocycles. The van der Waals surface area contributed by atoms with Crippen molar-refractivity contribution >= 4 is 21.6 Å². The van der Waals surface area contributed by atoms with Gasteiger partial charge in [0.25, 0.3) is 0 Å². The SMILES string of the molecule is Cc1ccc2sc(C3(N)CCCC(C)C3)nc2c1. The number of benzene rings is 1. The van der Waals surface area contributed by atoms with Gasteiger partial charge in [0.2, 0.25) is 0 Å². The van der Waals surface area contributed by atoms with Crippen molar-refractivity contribution in [2.45, 2.75) is 45.1 Å². The summed E-state index contributed by atoms with van der Waals surface area (Å²) in [5.41, 5.74) is 8.81. The Morgan fingerprint density at radius 3 is 3.06 bits per heavy atom. The van der Waals surface area contributed by atoms with Crippen molar-refractivity contribution in [3.63, 3.8) is 0 Å². The Morgan fingerprint density at radius 2 is 2.28 bits per heavy atom. The standard InChI is InChI=1S/C15H20N2S/c1-10-5-6-13-12(8-10)17-14(18-13)15(16)7-3-4-11(2)9-15/h5-6,8,11H,3-4,7,9,16H2,1-2H3. The number of aryl methyl sites for hydroxylation is 1. The molecule has 2 aromatic rings. The molecule has 1 aliphatic rings. The zero-order chi connectivity index (χ0) is 12.8. The molecule has 96 valence electrons. The molecule has 2 nitrogen and oxygen atoms in total. The lowest BCUT2D eigenvalue weighted by Crippen LogP contribution is -2.40. The fourth-order valence-electron chi connectivity index (χ4n) is 3.04. The lowest BCUT2D eigenvalue weighted by Gasteiger charge is -2.35. The molecule has 1 aliphatic carbocycles. The van der Waals surface area contributed by atoms with Crippen LogP contribution in [0.4, 0.5) is 0 Å². The normalized spacial score (nSPS) is 28.7. The maximum Gasteiger partial charge on any atom is 0.114 e. The van der Waals surface area contributed by atoms with Crippen molar-refractivity contribution in [1.82, 2.24) is 4.98 Å². The summed E-state index contributed by atoms with van der Waals surface area (Å²) in [7, 11) is 0. The second-order valence-corrected chi connectivity index (χ2v) is 6.88. The van der Waals surface area contributed by atoms with Crippen LogP contribution in [0, 0.1) is 12.8 Å². The summed E-state index contributed by atoms with van der Waals surface area (Å²) in [4.78, 5) is 4.80. The Kier molecular flexibility index (Phi) is 2.91. The number of thiazole rings is 1. The van der Waals surface area contributed by atoms with Gasteiger partial charge in [-0.25, -0.2) is 4.98 Å². The van der Waals surface area contributed by atoms with Crippen molar-refractivity contribution in [1.29, 1.82) is 0 Å². The van der Waals surface area contributed by atoms with Crippen LogP contribution in [0.2, 0.25) is 0 Å². The zero-order valence-corrected chi connectivity index (χ0v) is 11.9. The molecule has 1 aromatic carbocycles. The highest BCUT2D eigenvalue weighted by Crippen LogP contribution is 2.40. The van der Waals surface area contributed by atoms with Gasteiger partial charge in [-0.2, -0.15) is 0 Å². The first-order valence-corrected chi connectivity index (χ1v) is 7.55. The van der Waals surface area contributed by atoms with Crippen LogP contribution in [0.3, 0.4) is 0 Å². The summed E-state index contributed by atoms with van der Waals surface area (Å²) in [6.45, 7) is 4.41. The van der Waals surface area contributed by atoms with Gasteiger partial charge in [-0.05, 0) is 43.4 Å². The molecule has 18 heavy (non-hydrogen) atoms. The highest BCUT2D eigenvalue weighted by atomic mass is 32.1. The van der Waals surface area contributed by atoms with E-state index in [1.54, 1.807) is 11.3 Å². The predicted molar refractivity (Wildman–Crippen MR) is 77.9 cm³/mol. The lowest BCUT2D eigenvalue weighted by atomic mass is 9.77. The monoisotopic (exact) mass is 260 g/mol. The third-order valence-corrected chi connectivity index (χ3v) is 5.26. The lowest BCUT2D eigenvalue weighted by molar-refractivity contribution is 0.239. The van der Waals surface area contributed by atoms with Gasteiger partial charge in [0.1, 0.15) is 5.01 Å². The summed E-state index contributed by atoms with van der Waals surface area (Å²) >= 11 is 1.78. The van der Waals surface area contributed by atoms with Crippen molar-refractivity contribution in [2.24, 2.45) is 11.7 Å². The van der Waals surface area contributed by atoms with Gasteiger partial charge in [0.05, 0.1) is 15.8 Å². The van der Waals surface area contributed by atoms with E-state index in [1.165, 1.54) is 23.1 Å². The molecule has 0 aliphatic heterocycles. The van der Waals surface area contributed by atoms with E-state index in [2.05, 4.69) is 32.0 Å². The van der Waals surface area contributed by atoms with Crippen LogP contribution in [-0.4, -0.2) is 4.98 Å². The number of nitrogens with two attached hydrogens (primary N) is 1. The van der Waals surface area contributed by atoms with E-state index in [0.29, 0.717) is 0 Å². The molecule has 2 N–H and O–H groups in total. The van der Waals surface area contributed by atoms with E-state index in [4.69, 9.17) is 10.7 Å². The van der Waals surface area contributed by atoms with Gasteiger partial charge in [-0.1, -0.05) is 25.8 Å². The van der Waals surface area contributed by atoms with Crippen LogP contribution in [0.15, 0.2) is 18.2 Å². The van der Waals surface area contributed by atoms with Crippen LogP contribution in [0.5, 0.6) is 0 Å². The molecule has 2 unspecified atom stereocenters. The summed E-state index contributed by atoms with van der Waals surface area (Å²) in [6, 6.07) is 6.48. The Bertz CT molecular complexity index is 575. The molecule has 2 atom stereocenters. The quantitative estimate of drug-likeness (QED) is 0.842. The second kappa shape index (κ2) is 4.32. The van der Waals surface area contributed by atoms with E-state index in [1.807, 2.05) is 0 Å². The number of fused-ring (bicyclic) bond motifs is 1. The first-order valence-electron chi connectivity index (χ1n) is 6.73. The molecule has 1 fully saturated rings. The van der Waals surface area contributed by atoms with Crippen LogP contribution >= 0.6 is 11.3 Å².